The second kappa shape index (κ2) is 14.2. The van der Waals surface area contributed by atoms with Crippen LogP contribution in [0, 0.1) is 11.3 Å². The molecular weight excluding hydrogens is 734 g/mol. The Morgan fingerprint density at radius 2 is 1.45 bits per heavy atom. The van der Waals surface area contributed by atoms with Gasteiger partial charge in [-0.25, -0.2) is 9.59 Å². The highest BCUT2D eigenvalue weighted by atomic mass is 16.7. The minimum absolute atomic E-state index is 0.0907. The average molecular weight is 778 g/mol. The lowest BCUT2D eigenvalue weighted by atomic mass is 9.45. The van der Waals surface area contributed by atoms with E-state index in [2.05, 4.69) is 4.98 Å². The van der Waals surface area contributed by atoms with Gasteiger partial charge in [-0.3, -0.25) is 33.8 Å². The van der Waals surface area contributed by atoms with Gasteiger partial charge in [0, 0.05) is 40.8 Å². The van der Waals surface area contributed by atoms with E-state index in [0.29, 0.717) is 0 Å². The number of ether oxygens (including phenoxy) is 8. The molecule has 0 unspecified atom stereocenters. The van der Waals surface area contributed by atoms with Gasteiger partial charge >= 0.3 is 41.8 Å². The van der Waals surface area contributed by atoms with Gasteiger partial charge in [0.2, 0.25) is 0 Å². The normalized spacial score (nSPS) is 38.2. The van der Waals surface area contributed by atoms with Crippen molar-refractivity contribution in [2.45, 2.75) is 121 Å². The van der Waals surface area contributed by atoms with Crippen LogP contribution in [0.4, 0.5) is 0 Å². The molecule has 3 fully saturated rings. The Bertz CT molecular complexity index is 1820. The topological polar surface area (TPSA) is 264 Å². The quantitative estimate of drug-likeness (QED) is 0.275. The second-order valence-corrected chi connectivity index (χ2v) is 14.8. The summed E-state index contributed by atoms with van der Waals surface area (Å²) in [5, 5.41) is 24.7. The van der Waals surface area contributed by atoms with Crippen LogP contribution in [0.25, 0.3) is 0 Å². The number of Topliss-reactive ketones (excluding diaryl/α,β-unsaturated/α-hetero) is 1. The van der Waals surface area contributed by atoms with Gasteiger partial charge in [0.25, 0.3) is 0 Å². The second-order valence-electron chi connectivity index (χ2n) is 14.8. The SMILES string of the molecule is CC(=O)OC[C@]12[C@H](OC(C)=O)[C@H](OC(C)=O)[C@H]3OC(=O)[C@@](C)(O)CCc4ncccc4C(=O)OC[C@@]4(C)O[C@]1([C@H](OC(C)=O)[C@@H]4C(=O)[C@@H]2OC(C)=O)[C@@]3(C)O. The average Bonchev–Trinajstić information content (AvgIpc) is 3.30. The van der Waals surface area contributed by atoms with Crippen molar-refractivity contribution in [2.24, 2.45) is 11.3 Å². The Morgan fingerprint density at radius 3 is 2.04 bits per heavy atom. The summed E-state index contributed by atoms with van der Waals surface area (Å²) < 4.78 is 46.8. The molecule has 55 heavy (non-hydrogen) atoms. The van der Waals surface area contributed by atoms with Crippen LogP contribution in [-0.4, -0.2) is 129 Å². The van der Waals surface area contributed by atoms with Gasteiger partial charge in [-0.15, -0.1) is 0 Å². The number of rotatable bonds is 6. The summed E-state index contributed by atoms with van der Waals surface area (Å²) in [7, 11) is 0. The standard InChI is InChI=1S/C36H43NO18/c1-16(38)48-15-35-27(52-19(4)41)24(43)23-26(51-18(3)40)36(35)34(8,47)28(25(50-17(2)39)29(35)53-20(5)42)54-31(45)32(6,46)12-11-22-21(10-9-13-37-22)30(44)49-14-33(23,7)55-36/h9-10,13,23,25-29,46-47H,11-12,14-15H2,1-8H3/t23-,25+,26+,27-,28+,29+,32-,33+,34-,35-,36+/m0/s1. The molecule has 19 heteroatoms. The summed E-state index contributed by atoms with van der Waals surface area (Å²) >= 11 is 0. The first-order valence-corrected chi connectivity index (χ1v) is 17.3. The summed E-state index contributed by atoms with van der Waals surface area (Å²) in [6.07, 6.45) is -10.1. The van der Waals surface area contributed by atoms with E-state index in [4.69, 9.17) is 37.9 Å². The van der Waals surface area contributed by atoms with Crippen molar-refractivity contribution in [3.63, 3.8) is 0 Å². The van der Waals surface area contributed by atoms with Crippen LogP contribution in [0.15, 0.2) is 18.3 Å². The number of carbonyl (C=O) groups is 8. The summed E-state index contributed by atoms with van der Waals surface area (Å²) in [4.78, 5) is 112. The molecule has 0 radical (unpaired) electrons. The monoisotopic (exact) mass is 777 g/mol. The Labute approximate surface area is 314 Å². The van der Waals surface area contributed by atoms with Gasteiger partial charge in [0.05, 0.1) is 17.2 Å². The van der Waals surface area contributed by atoms with Crippen molar-refractivity contribution in [2.75, 3.05) is 13.2 Å². The number of esters is 7. The number of aryl methyl sites for hydroxylation is 1. The van der Waals surface area contributed by atoms with Gasteiger partial charge < -0.3 is 48.1 Å². The van der Waals surface area contributed by atoms with Gasteiger partial charge in [0.1, 0.15) is 35.9 Å². The largest absolute Gasteiger partial charge is 0.465 e. The highest BCUT2D eigenvalue weighted by molar-refractivity contribution is 5.94. The molecule has 1 aromatic heterocycles. The zero-order chi connectivity index (χ0) is 41.1. The zero-order valence-electron chi connectivity index (χ0n) is 31.4. The number of aliphatic hydroxyl groups is 2. The number of ketones is 1. The molecule has 0 amide bonds. The first-order valence-electron chi connectivity index (χ1n) is 17.3. The highest BCUT2D eigenvalue weighted by Crippen LogP contribution is 2.69. The van der Waals surface area contributed by atoms with Crippen LogP contribution in [0.5, 0.6) is 0 Å². The molecule has 2 aliphatic carbocycles. The Balaban J connectivity index is 1.96. The molecule has 4 bridgehead atoms. The van der Waals surface area contributed by atoms with Crippen molar-refractivity contribution in [1.82, 2.24) is 4.98 Å². The van der Waals surface area contributed by atoms with E-state index < -0.39 is 131 Å². The first-order chi connectivity index (χ1) is 25.5. The maximum Gasteiger partial charge on any atom is 0.340 e. The van der Waals surface area contributed by atoms with E-state index in [1.807, 2.05) is 0 Å². The summed E-state index contributed by atoms with van der Waals surface area (Å²) in [5.41, 5.74) is -13.1. The molecular formula is C36H43NO18. The summed E-state index contributed by atoms with van der Waals surface area (Å²) in [6, 6.07) is 2.79. The smallest absolute Gasteiger partial charge is 0.340 e. The van der Waals surface area contributed by atoms with Crippen molar-refractivity contribution < 1.29 is 86.5 Å². The third-order valence-electron chi connectivity index (χ3n) is 10.7. The fourth-order valence-electron chi connectivity index (χ4n) is 8.60. The van der Waals surface area contributed by atoms with Crippen molar-refractivity contribution >= 4 is 47.6 Å². The predicted octanol–water partition coefficient (Wildman–Crippen LogP) is -0.385. The number of carbonyl (C=O) groups excluding carboxylic acids is 8. The molecule has 5 rings (SSSR count). The predicted molar refractivity (Wildman–Crippen MR) is 176 cm³/mol. The van der Waals surface area contributed by atoms with Crippen LogP contribution in [0.2, 0.25) is 0 Å². The van der Waals surface area contributed by atoms with E-state index in [0.717, 1.165) is 48.5 Å². The Kier molecular flexibility index (Phi) is 10.7. The molecule has 300 valence electrons. The third-order valence-corrected chi connectivity index (χ3v) is 10.7. The molecule has 0 aromatic carbocycles. The maximum absolute atomic E-state index is 15.1. The summed E-state index contributed by atoms with van der Waals surface area (Å²) in [6.45, 7) is 6.04. The number of hydrogen-bond donors (Lipinski definition) is 2. The van der Waals surface area contributed by atoms with E-state index in [1.165, 1.54) is 25.3 Å². The minimum Gasteiger partial charge on any atom is -0.465 e. The lowest BCUT2D eigenvalue weighted by Crippen LogP contribution is -2.88. The van der Waals surface area contributed by atoms with E-state index in [9.17, 15) is 43.8 Å². The number of hydrogen-bond acceptors (Lipinski definition) is 19. The zero-order valence-corrected chi connectivity index (χ0v) is 31.4. The number of cyclic esters (lactones) is 1. The van der Waals surface area contributed by atoms with E-state index in [1.54, 1.807) is 0 Å². The number of nitrogens with zero attached hydrogens (tertiary/aromatic N) is 1. The van der Waals surface area contributed by atoms with Crippen molar-refractivity contribution in [3.8, 4) is 0 Å². The molecule has 3 heterocycles. The van der Waals surface area contributed by atoms with Gasteiger partial charge in [-0.1, -0.05) is 0 Å². The molecule has 4 aliphatic rings. The van der Waals surface area contributed by atoms with Crippen molar-refractivity contribution in [3.05, 3.63) is 29.6 Å². The lowest BCUT2D eigenvalue weighted by molar-refractivity contribution is -0.377. The van der Waals surface area contributed by atoms with Gasteiger partial charge in [0.15, 0.2) is 41.4 Å². The third kappa shape index (κ3) is 6.60. The van der Waals surface area contributed by atoms with E-state index >= 15 is 4.79 Å². The van der Waals surface area contributed by atoms with Crippen LogP contribution in [0.1, 0.15) is 77.9 Å². The van der Waals surface area contributed by atoms with Crippen LogP contribution in [-0.2, 0) is 77.9 Å². The molecule has 2 aliphatic heterocycles. The van der Waals surface area contributed by atoms with Crippen LogP contribution < -0.4 is 0 Å². The van der Waals surface area contributed by atoms with Crippen LogP contribution in [0.3, 0.4) is 0 Å². The van der Waals surface area contributed by atoms with E-state index in [-0.39, 0.29) is 17.7 Å². The van der Waals surface area contributed by atoms with Gasteiger partial charge in [-0.2, -0.15) is 0 Å². The summed E-state index contributed by atoms with van der Waals surface area (Å²) in [5.74, 6) is -10.8. The number of pyridine rings is 1. The highest BCUT2D eigenvalue weighted by Gasteiger charge is 2.91. The minimum atomic E-state index is -2.93. The Morgan fingerprint density at radius 1 is 0.855 bits per heavy atom. The van der Waals surface area contributed by atoms with Gasteiger partial charge in [-0.05, 0) is 45.7 Å². The lowest BCUT2D eigenvalue weighted by Gasteiger charge is -2.66. The van der Waals surface area contributed by atoms with Crippen LogP contribution >= 0.6 is 0 Å². The fourth-order valence-corrected chi connectivity index (χ4v) is 8.60. The molecule has 1 aromatic rings. The molecule has 1 saturated heterocycles. The molecule has 11 atom stereocenters. The first kappa shape index (κ1) is 41.2. The molecule has 1 spiro atoms. The molecule has 2 saturated carbocycles. The number of aromatic nitrogens is 1. The number of fused-ring (bicyclic) bond motifs is 5. The molecule has 2 N–H and O–H groups in total. The molecule has 19 nitrogen and oxygen atoms in total. The fraction of sp³-hybridized carbons (Fsp3) is 0.639. The Hall–Kier alpha value is -5.01. The van der Waals surface area contributed by atoms with Crippen molar-refractivity contribution in [1.29, 1.82) is 0 Å². The maximum atomic E-state index is 15.1.